The maximum absolute atomic E-state index is 12.5. The minimum Gasteiger partial charge on any atom is -0.365 e. The highest BCUT2D eigenvalue weighted by molar-refractivity contribution is 5.79. The molecule has 1 fully saturated rings. The number of pyridine rings is 1. The van der Waals surface area contributed by atoms with Crippen molar-refractivity contribution in [2.24, 2.45) is 0 Å². The standard InChI is InChI=1S/C18H20N4O3/c1-13-3-2-4-14(9-13)10-18(23)21-8-7-15(12-21)20-17-6-5-16(11-19-17)22(24)25/h2-6,9,11,15H,7-8,10,12H2,1H3,(H,19,20)/t15-/m1/s1. The van der Waals surface area contributed by atoms with Crippen LogP contribution in [-0.4, -0.2) is 39.8 Å². The van der Waals surface area contributed by atoms with E-state index in [1.54, 1.807) is 6.07 Å². The number of anilines is 1. The van der Waals surface area contributed by atoms with Gasteiger partial charge in [-0.1, -0.05) is 29.8 Å². The SMILES string of the molecule is Cc1cccc(CC(=O)N2CC[C@@H](Nc3ccc([N+](=O)[O-])cn3)C2)c1. The Morgan fingerprint density at radius 2 is 2.24 bits per heavy atom. The van der Waals surface area contributed by atoms with Crippen molar-refractivity contribution < 1.29 is 9.72 Å². The molecule has 130 valence electrons. The first-order valence-electron chi connectivity index (χ1n) is 8.21. The third-order valence-corrected chi connectivity index (χ3v) is 4.29. The molecule has 1 N–H and O–H groups in total. The predicted octanol–water partition coefficient (Wildman–Crippen LogP) is 2.55. The maximum Gasteiger partial charge on any atom is 0.287 e. The molecule has 0 aliphatic carbocycles. The minimum absolute atomic E-state index is 0.0352. The molecule has 0 saturated carbocycles. The lowest BCUT2D eigenvalue weighted by atomic mass is 10.1. The van der Waals surface area contributed by atoms with Crippen molar-refractivity contribution in [1.29, 1.82) is 0 Å². The van der Waals surface area contributed by atoms with Gasteiger partial charge in [0, 0.05) is 25.2 Å². The van der Waals surface area contributed by atoms with E-state index in [1.807, 2.05) is 36.1 Å². The molecule has 1 aromatic carbocycles. The predicted molar refractivity (Wildman–Crippen MR) is 94.4 cm³/mol. The van der Waals surface area contributed by atoms with Crippen LogP contribution < -0.4 is 5.32 Å². The normalized spacial score (nSPS) is 16.7. The monoisotopic (exact) mass is 340 g/mol. The van der Waals surface area contributed by atoms with Crippen LogP contribution in [0.15, 0.2) is 42.6 Å². The number of benzene rings is 1. The number of nitrogens with zero attached hydrogens (tertiary/aromatic N) is 3. The van der Waals surface area contributed by atoms with Crippen molar-refractivity contribution in [3.8, 4) is 0 Å². The van der Waals surface area contributed by atoms with Gasteiger partial charge in [-0.15, -0.1) is 0 Å². The third kappa shape index (κ3) is 4.32. The number of aromatic nitrogens is 1. The Balaban J connectivity index is 1.54. The van der Waals surface area contributed by atoms with Gasteiger partial charge in [-0.3, -0.25) is 14.9 Å². The zero-order valence-electron chi connectivity index (χ0n) is 14.0. The zero-order valence-corrected chi connectivity index (χ0v) is 14.0. The van der Waals surface area contributed by atoms with E-state index in [-0.39, 0.29) is 17.6 Å². The summed E-state index contributed by atoms with van der Waals surface area (Å²) in [6.07, 6.45) is 2.47. The second-order valence-electron chi connectivity index (χ2n) is 6.29. The van der Waals surface area contributed by atoms with Gasteiger partial charge in [0.15, 0.2) is 0 Å². The Hall–Kier alpha value is -2.96. The van der Waals surface area contributed by atoms with Gasteiger partial charge in [0.25, 0.3) is 5.69 Å². The minimum atomic E-state index is -0.474. The van der Waals surface area contributed by atoms with E-state index >= 15 is 0 Å². The lowest BCUT2D eigenvalue weighted by molar-refractivity contribution is -0.385. The fourth-order valence-corrected chi connectivity index (χ4v) is 3.00. The van der Waals surface area contributed by atoms with Gasteiger partial charge >= 0.3 is 0 Å². The number of carbonyl (C=O) groups is 1. The molecule has 25 heavy (non-hydrogen) atoms. The molecule has 3 rings (SSSR count). The first-order chi connectivity index (χ1) is 12.0. The van der Waals surface area contributed by atoms with Crippen LogP contribution in [0.5, 0.6) is 0 Å². The lowest BCUT2D eigenvalue weighted by Gasteiger charge is -2.17. The Kier molecular flexibility index (Phi) is 4.92. The quantitative estimate of drug-likeness (QED) is 0.667. The average molecular weight is 340 g/mol. The Morgan fingerprint density at radius 1 is 1.40 bits per heavy atom. The first-order valence-corrected chi connectivity index (χ1v) is 8.21. The summed E-state index contributed by atoms with van der Waals surface area (Å²) in [5.74, 6) is 0.704. The summed E-state index contributed by atoms with van der Waals surface area (Å²) in [6.45, 7) is 3.33. The first kappa shape index (κ1) is 16.9. The number of aryl methyl sites for hydroxylation is 1. The summed E-state index contributed by atoms with van der Waals surface area (Å²) < 4.78 is 0. The summed E-state index contributed by atoms with van der Waals surface area (Å²) in [4.78, 5) is 28.5. The molecule has 1 saturated heterocycles. The molecule has 2 heterocycles. The largest absolute Gasteiger partial charge is 0.365 e. The van der Waals surface area contributed by atoms with Crippen LogP contribution in [0, 0.1) is 17.0 Å². The molecule has 1 amide bonds. The van der Waals surface area contributed by atoms with Crippen molar-refractivity contribution in [3.05, 3.63) is 63.8 Å². The molecule has 1 aliphatic rings. The number of nitro groups is 1. The van der Waals surface area contributed by atoms with Crippen molar-refractivity contribution in [2.75, 3.05) is 18.4 Å². The molecule has 0 radical (unpaired) electrons. The van der Waals surface area contributed by atoms with E-state index in [0.29, 0.717) is 25.3 Å². The molecule has 0 bridgehead atoms. The summed E-state index contributed by atoms with van der Waals surface area (Å²) in [7, 11) is 0. The third-order valence-electron chi connectivity index (χ3n) is 4.29. The molecule has 1 aliphatic heterocycles. The van der Waals surface area contributed by atoms with Crippen LogP contribution >= 0.6 is 0 Å². The maximum atomic E-state index is 12.5. The smallest absolute Gasteiger partial charge is 0.287 e. The Morgan fingerprint density at radius 3 is 2.92 bits per heavy atom. The van der Waals surface area contributed by atoms with Crippen LogP contribution in [0.25, 0.3) is 0 Å². The zero-order chi connectivity index (χ0) is 17.8. The number of hydrogen-bond donors (Lipinski definition) is 1. The van der Waals surface area contributed by atoms with Gasteiger partial charge in [-0.2, -0.15) is 0 Å². The summed E-state index contributed by atoms with van der Waals surface area (Å²) in [5.41, 5.74) is 2.14. The van der Waals surface area contributed by atoms with Crippen LogP contribution in [0.4, 0.5) is 11.5 Å². The van der Waals surface area contributed by atoms with Gasteiger partial charge in [0.05, 0.1) is 11.3 Å². The number of carbonyl (C=O) groups excluding carboxylic acids is 1. The van der Waals surface area contributed by atoms with Gasteiger partial charge in [-0.25, -0.2) is 4.98 Å². The molecule has 1 atom stereocenters. The van der Waals surface area contributed by atoms with Gasteiger partial charge in [0.2, 0.25) is 5.91 Å². The highest BCUT2D eigenvalue weighted by atomic mass is 16.6. The molecular weight excluding hydrogens is 320 g/mol. The van der Waals surface area contributed by atoms with Crippen molar-refractivity contribution >= 4 is 17.4 Å². The van der Waals surface area contributed by atoms with E-state index in [1.165, 1.54) is 12.3 Å². The molecule has 7 heteroatoms. The fourth-order valence-electron chi connectivity index (χ4n) is 3.00. The second-order valence-corrected chi connectivity index (χ2v) is 6.29. The number of hydrogen-bond acceptors (Lipinski definition) is 5. The Labute approximate surface area is 145 Å². The van der Waals surface area contributed by atoms with E-state index in [0.717, 1.165) is 17.5 Å². The molecule has 2 aromatic rings. The van der Waals surface area contributed by atoms with Gasteiger partial charge in [0.1, 0.15) is 12.0 Å². The van der Waals surface area contributed by atoms with Gasteiger partial charge < -0.3 is 10.2 Å². The number of likely N-dealkylation sites (tertiary alicyclic amines) is 1. The van der Waals surface area contributed by atoms with Crippen LogP contribution in [0.3, 0.4) is 0 Å². The number of nitrogens with one attached hydrogen (secondary N) is 1. The van der Waals surface area contributed by atoms with Crippen LogP contribution in [-0.2, 0) is 11.2 Å². The van der Waals surface area contributed by atoms with Gasteiger partial charge in [-0.05, 0) is 25.0 Å². The van der Waals surface area contributed by atoms with Crippen LogP contribution in [0.1, 0.15) is 17.5 Å². The van der Waals surface area contributed by atoms with E-state index in [2.05, 4.69) is 10.3 Å². The van der Waals surface area contributed by atoms with Crippen molar-refractivity contribution in [3.63, 3.8) is 0 Å². The van der Waals surface area contributed by atoms with E-state index < -0.39 is 4.92 Å². The second kappa shape index (κ2) is 7.29. The number of amides is 1. The summed E-state index contributed by atoms with van der Waals surface area (Å²) in [6, 6.07) is 11.1. The Bertz CT molecular complexity index is 776. The van der Waals surface area contributed by atoms with E-state index in [9.17, 15) is 14.9 Å². The highest BCUT2D eigenvalue weighted by Crippen LogP contribution is 2.18. The summed E-state index contributed by atoms with van der Waals surface area (Å²) in [5, 5.41) is 13.9. The average Bonchev–Trinajstić information content (AvgIpc) is 3.04. The van der Waals surface area contributed by atoms with Crippen molar-refractivity contribution in [1.82, 2.24) is 9.88 Å². The molecule has 0 unspecified atom stereocenters. The summed E-state index contributed by atoms with van der Waals surface area (Å²) >= 11 is 0. The molecule has 0 spiro atoms. The molecule has 1 aromatic heterocycles. The molecule has 7 nitrogen and oxygen atoms in total. The highest BCUT2D eigenvalue weighted by Gasteiger charge is 2.26. The fraction of sp³-hybridized carbons (Fsp3) is 0.333. The lowest BCUT2D eigenvalue weighted by Crippen LogP contribution is -2.32. The molecular formula is C18H20N4O3. The van der Waals surface area contributed by atoms with Crippen LogP contribution in [0.2, 0.25) is 0 Å². The topological polar surface area (TPSA) is 88.4 Å². The van der Waals surface area contributed by atoms with E-state index in [4.69, 9.17) is 0 Å². The van der Waals surface area contributed by atoms with Crippen molar-refractivity contribution in [2.45, 2.75) is 25.8 Å². The number of rotatable bonds is 5.